The molecular weight excluding hydrogens is 316 g/mol. The second-order valence-electron chi connectivity index (χ2n) is 4.55. The molecule has 4 nitrogen and oxygen atoms in total. The van der Waals surface area contributed by atoms with Gasteiger partial charge < -0.3 is 0 Å². The number of thiazole rings is 1. The van der Waals surface area contributed by atoms with Crippen molar-refractivity contribution in [1.82, 2.24) is 4.98 Å². The SMILES string of the molecule is CC(=O)c1sc(NC(=O)c2cccs2)nc1-c1ccccc1. The molecule has 0 radical (unpaired) electrons. The maximum atomic E-state index is 12.1. The van der Waals surface area contributed by atoms with Gasteiger partial charge >= 0.3 is 0 Å². The Morgan fingerprint density at radius 3 is 2.50 bits per heavy atom. The van der Waals surface area contributed by atoms with Gasteiger partial charge in [0.2, 0.25) is 0 Å². The number of nitrogens with one attached hydrogen (secondary N) is 1. The molecule has 1 aromatic carbocycles. The zero-order valence-electron chi connectivity index (χ0n) is 11.7. The van der Waals surface area contributed by atoms with E-state index in [2.05, 4.69) is 10.3 Å². The lowest BCUT2D eigenvalue weighted by molar-refractivity contribution is 0.101. The van der Waals surface area contributed by atoms with Crippen LogP contribution in [0.4, 0.5) is 5.13 Å². The Balaban J connectivity index is 1.94. The summed E-state index contributed by atoms with van der Waals surface area (Å²) >= 11 is 2.56. The van der Waals surface area contributed by atoms with Crippen molar-refractivity contribution >= 4 is 39.5 Å². The Bertz CT molecular complexity index is 808. The summed E-state index contributed by atoms with van der Waals surface area (Å²) in [7, 11) is 0. The summed E-state index contributed by atoms with van der Waals surface area (Å²) in [6.07, 6.45) is 0. The first kappa shape index (κ1) is 14.6. The van der Waals surface area contributed by atoms with Gasteiger partial charge in [0.05, 0.1) is 15.4 Å². The molecule has 0 bridgehead atoms. The maximum Gasteiger partial charge on any atom is 0.267 e. The average Bonchev–Trinajstić information content (AvgIpc) is 3.17. The van der Waals surface area contributed by atoms with E-state index in [0.29, 0.717) is 20.6 Å². The fourth-order valence-electron chi connectivity index (χ4n) is 1.97. The van der Waals surface area contributed by atoms with Crippen LogP contribution in [-0.2, 0) is 0 Å². The van der Waals surface area contributed by atoms with Gasteiger partial charge in [-0.2, -0.15) is 0 Å². The second kappa shape index (κ2) is 6.21. The first-order chi connectivity index (χ1) is 10.6. The van der Waals surface area contributed by atoms with E-state index in [9.17, 15) is 9.59 Å². The van der Waals surface area contributed by atoms with Crippen LogP contribution in [0.2, 0.25) is 0 Å². The van der Waals surface area contributed by atoms with Crippen LogP contribution < -0.4 is 5.32 Å². The molecule has 1 N–H and O–H groups in total. The van der Waals surface area contributed by atoms with Crippen LogP contribution >= 0.6 is 22.7 Å². The Morgan fingerprint density at radius 1 is 1.09 bits per heavy atom. The minimum absolute atomic E-state index is 0.0621. The third-order valence-electron chi connectivity index (χ3n) is 2.96. The molecule has 3 rings (SSSR count). The summed E-state index contributed by atoms with van der Waals surface area (Å²) in [6, 6.07) is 13.0. The normalized spacial score (nSPS) is 10.4. The number of carbonyl (C=O) groups excluding carboxylic acids is 2. The number of nitrogens with zero attached hydrogens (tertiary/aromatic N) is 1. The third-order valence-corrected chi connectivity index (χ3v) is 4.90. The van der Waals surface area contributed by atoms with Crippen LogP contribution in [0.15, 0.2) is 47.8 Å². The van der Waals surface area contributed by atoms with E-state index in [4.69, 9.17) is 0 Å². The molecule has 0 spiro atoms. The molecule has 0 unspecified atom stereocenters. The summed E-state index contributed by atoms with van der Waals surface area (Å²) in [5.41, 5.74) is 1.47. The average molecular weight is 328 g/mol. The van der Waals surface area contributed by atoms with Gasteiger partial charge in [-0.3, -0.25) is 14.9 Å². The molecule has 6 heteroatoms. The number of anilines is 1. The topological polar surface area (TPSA) is 59.1 Å². The molecule has 0 aliphatic rings. The van der Waals surface area contributed by atoms with Crippen LogP contribution in [0, 0.1) is 0 Å². The van der Waals surface area contributed by atoms with E-state index in [1.165, 1.54) is 29.6 Å². The molecule has 0 saturated carbocycles. The van der Waals surface area contributed by atoms with Crippen molar-refractivity contribution in [1.29, 1.82) is 0 Å². The van der Waals surface area contributed by atoms with Gasteiger partial charge in [0.15, 0.2) is 10.9 Å². The first-order valence-electron chi connectivity index (χ1n) is 6.57. The number of hydrogen-bond acceptors (Lipinski definition) is 5. The van der Waals surface area contributed by atoms with Crippen LogP contribution in [0.3, 0.4) is 0 Å². The van der Waals surface area contributed by atoms with Gasteiger partial charge in [-0.15, -0.1) is 11.3 Å². The number of benzene rings is 1. The number of rotatable bonds is 4. The summed E-state index contributed by atoms with van der Waals surface area (Å²) < 4.78 is 0. The predicted octanol–water partition coefficient (Wildman–Crippen LogP) is 4.33. The van der Waals surface area contributed by atoms with Crippen molar-refractivity contribution in [3.63, 3.8) is 0 Å². The van der Waals surface area contributed by atoms with Crippen molar-refractivity contribution in [2.75, 3.05) is 5.32 Å². The van der Waals surface area contributed by atoms with Crippen molar-refractivity contribution in [3.05, 3.63) is 57.6 Å². The van der Waals surface area contributed by atoms with E-state index in [1.807, 2.05) is 41.8 Å². The van der Waals surface area contributed by atoms with E-state index in [1.54, 1.807) is 6.07 Å². The van der Waals surface area contributed by atoms with Gasteiger partial charge in [0.1, 0.15) is 0 Å². The number of Topliss-reactive ketones (excluding diaryl/α,β-unsaturated/α-hetero) is 1. The van der Waals surface area contributed by atoms with Gasteiger partial charge in [-0.05, 0) is 11.4 Å². The molecule has 22 heavy (non-hydrogen) atoms. The number of amides is 1. The smallest absolute Gasteiger partial charge is 0.267 e. The zero-order valence-corrected chi connectivity index (χ0v) is 13.3. The molecule has 2 heterocycles. The molecule has 0 fully saturated rings. The van der Waals surface area contributed by atoms with Gasteiger partial charge in [-0.25, -0.2) is 4.98 Å². The summed E-state index contributed by atoms with van der Waals surface area (Å²) in [5, 5.41) is 5.03. The number of thiophene rings is 1. The predicted molar refractivity (Wildman–Crippen MR) is 89.8 cm³/mol. The van der Waals surface area contributed by atoms with E-state index in [0.717, 1.165) is 5.56 Å². The lowest BCUT2D eigenvalue weighted by Gasteiger charge is -1.98. The number of hydrogen-bond donors (Lipinski definition) is 1. The molecule has 110 valence electrons. The van der Waals surface area contributed by atoms with Crippen LogP contribution in [0.5, 0.6) is 0 Å². The molecule has 2 aromatic heterocycles. The van der Waals surface area contributed by atoms with Crippen molar-refractivity contribution in [3.8, 4) is 11.3 Å². The molecular formula is C16H12N2O2S2. The van der Waals surface area contributed by atoms with Crippen molar-refractivity contribution in [2.45, 2.75) is 6.92 Å². The lowest BCUT2D eigenvalue weighted by Crippen LogP contribution is -2.09. The Hall–Kier alpha value is -2.31. The quantitative estimate of drug-likeness (QED) is 0.725. The van der Waals surface area contributed by atoms with Gasteiger partial charge in [-0.1, -0.05) is 47.7 Å². The van der Waals surface area contributed by atoms with Crippen LogP contribution in [0.25, 0.3) is 11.3 Å². The summed E-state index contributed by atoms with van der Waals surface area (Å²) in [4.78, 5) is 29.5. The fraction of sp³-hybridized carbons (Fsp3) is 0.0625. The largest absolute Gasteiger partial charge is 0.297 e. The molecule has 0 aliphatic heterocycles. The fourth-order valence-corrected chi connectivity index (χ4v) is 3.47. The molecule has 0 atom stereocenters. The number of aromatic nitrogens is 1. The highest BCUT2D eigenvalue weighted by molar-refractivity contribution is 7.18. The zero-order chi connectivity index (χ0) is 15.5. The maximum absolute atomic E-state index is 12.1. The monoisotopic (exact) mass is 328 g/mol. The van der Waals surface area contributed by atoms with E-state index < -0.39 is 0 Å². The Labute approximate surface area is 135 Å². The highest BCUT2D eigenvalue weighted by atomic mass is 32.1. The molecule has 0 saturated heterocycles. The minimum Gasteiger partial charge on any atom is -0.297 e. The van der Waals surface area contributed by atoms with E-state index >= 15 is 0 Å². The van der Waals surface area contributed by atoms with Crippen LogP contribution in [0.1, 0.15) is 26.3 Å². The van der Waals surface area contributed by atoms with Crippen molar-refractivity contribution < 1.29 is 9.59 Å². The Kier molecular flexibility index (Phi) is 4.13. The molecule has 3 aromatic rings. The second-order valence-corrected chi connectivity index (χ2v) is 6.50. The third kappa shape index (κ3) is 2.98. The molecule has 1 amide bonds. The highest BCUT2D eigenvalue weighted by Gasteiger charge is 2.18. The van der Waals surface area contributed by atoms with Crippen LogP contribution in [-0.4, -0.2) is 16.7 Å². The highest BCUT2D eigenvalue weighted by Crippen LogP contribution is 2.31. The minimum atomic E-state index is -0.210. The van der Waals surface area contributed by atoms with E-state index in [-0.39, 0.29) is 11.7 Å². The molecule has 0 aliphatic carbocycles. The number of carbonyl (C=O) groups is 2. The Morgan fingerprint density at radius 2 is 1.86 bits per heavy atom. The number of ketones is 1. The first-order valence-corrected chi connectivity index (χ1v) is 8.27. The lowest BCUT2D eigenvalue weighted by atomic mass is 10.1. The van der Waals surface area contributed by atoms with Gasteiger partial charge in [0.25, 0.3) is 5.91 Å². The summed E-state index contributed by atoms with van der Waals surface area (Å²) in [5.74, 6) is -0.272. The standard InChI is InChI=1S/C16H12N2O2S2/c1-10(19)14-13(11-6-3-2-4-7-11)17-16(22-14)18-15(20)12-8-5-9-21-12/h2-9H,1H3,(H,17,18,20). The van der Waals surface area contributed by atoms with Crippen molar-refractivity contribution in [2.24, 2.45) is 0 Å². The summed E-state index contributed by atoms with van der Waals surface area (Å²) in [6.45, 7) is 1.50. The van der Waals surface area contributed by atoms with Gasteiger partial charge in [0, 0.05) is 12.5 Å².